The molecule has 9 heteroatoms. The molecule has 1 fully saturated rings. The third kappa shape index (κ3) is 6.20. The first-order valence-electron chi connectivity index (χ1n) is 11.4. The van der Waals surface area contributed by atoms with Crippen LogP contribution in [0.15, 0.2) is 77.7 Å². The number of halogens is 2. The van der Waals surface area contributed by atoms with E-state index in [-0.39, 0.29) is 22.2 Å². The van der Waals surface area contributed by atoms with Crippen LogP contribution in [0.5, 0.6) is 0 Å². The molecule has 1 heterocycles. The highest BCUT2D eigenvalue weighted by atomic mass is 35.5. The normalized spacial score (nSPS) is 14.1. The summed E-state index contributed by atoms with van der Waals surface area (Å²) in [5.74, 6) is -1.16. The number of sulfonamides is 1. The van der Waals surface area contributed by atoms with E-state index >= 15 is 0 Å². The van der Waals surface area contributed by atoms with Gasteiger partial charge in [-0.2, -0.15) is 0 Å². The van der Waals surface area contributed by atoms with E-state index in [9.17, 15) is 17.6 Å². The van der Waals surface area contributed by atoms with Gasteiger partial charge in [0.1, 0.15) is 12.4 Å². The summed E-state index contributed by atoms with van der Waals surface area (Å²) in [5.41, 5.74) is 2.22. The van der Waals surface area contributed by atoms with Gasteiger partial charge in [-0.15, -0.1) is 0 Å². The van der Waals surface area contributed by atoms with Crippen LogP contribution in [-0.4, -0.2) is 38.9 Å². The molecule has 0 unspecified atom stereocenters. The molecule has 1 amide bonds. The van der Waals surface area contributed by atoms with Crippen molar-refractivity contribution >= 4 is 33.2 Å². The van der Waals surface area contributed by atoms with Gasteiger partial charge in [-0.1, -0.05) is 54.1 Å². The van der Waals surface area contributed by atoms with Crippen LogP contribution < -0.4 is 9.62 Å². The Hall–Kier alpha value is -2.94. The molecule has 0 aromatic heterocycles. The Bertz CT molecular complexity index is 1280. The molecule has 0 atom stereocenters. The van der Waals surface area contributed by atoms with E-state index in [2.05, 4.69) is 10.2 Å². The van der Waals surface area contributed by atoms with Crippen LogP contribution in [-0.2, 0) is 27.9 Å². The average molecular weight is 516 g/mol. The minimum Gasteiger partial charge on any atom is -0.350 e. The number of likely N-dealkylation sites (tertiary alicyclic amines) is 1. The van der Waals surface area contributed by atoms with Crippen molar-refractivity contribution in [2.45, 2.75) is 30.8 Å². The molecule has 1 N–H and O–H groups in total. The minimum atomic E-state index is -4.10. The first-order valence-corrected chi connectivity index (χ1v) is 13.2. The molecule has 35 heavy (non-hydrogen) atoms. The molecule has 6 nitrogen and oxygen atoms in total. The third-order valence-electron chi connectivity index (χ3n) is 6.00. The summed E-state index contributed by atoms with van der Waals surface area (Å²) in [6, 6.07) is 19.3. The number of benzene rings is 3. The van der Waals surface area contributed by atoms with E-state index in [0.29, 0.717) is 0 Å². The molecule has 0 bridgehead atoms. The van der Waals surface area contributed by atoms with Crippen LogP contribution in [0.2, 0.25) is 5.02 Å². The smallest absolute Gasteiger partial charge is 0.264 e. The summed E-state index contributed by atoms with van der Waals surface area (Å²) in [7, 11) is -4.10. The van der Waals surface area contributed by atoms with Crippen molar-refractivity contribution in [2.24, 2.45) is 0 Å². The fourth-order valence-corrected chi connectivity index (χ4v) is 5.73. The van der Waals surface area contributed by atoms with Gasteiger partial charge >= 0.3 is 0 Å². The molecule has 3 aromatic carbocycles. The number of hydrogen-bond acceptors (Lipinski definition) is 4. The second-order valence-corrected chi connectivity index (χ2v) is 10.7. The predicted octanol–water partition coefficient (Wildman–Crippen LogP) is 4.59. The lowest BCUT2D eigenvalue weighted by Gasteiger charge is -2.24. The fraction of sp³-hybridized carbons (Fsp3) is 0.269. The van der Waals surface area contributed by atoms with Crippen molar-refractivity contribution in [3.05, 3.63) is 94.8 Å². The molecule has 0 saturated carbocycles. The first kappa shape index (κ1) is 25.2. The van der Waals surface area contributed by atoms with Gasteiger partial charge in [0, 0.05) is 13.1 Å². The van der Waals surface area contributed by atoms with Gasteiger partial charge in [-0.25, -0.2) is 12.8 Å². The molecule has 1 aliphatic heterocycles. The van der Waals surface area contributed by atoms with E-state index in [1.165, 1.54) is 37.1 Å². The number of carbonyl (C=O) groups is 1. The predicted molar refractivity (Wildman–Crippen MR) is 135 cm³/mol. The van der Waals surface area contributed by atoms with E-state index in [1.54, 1.807) is 18.2 Å². The first-order chi connectivity index (χ1) is 16.8. The van der Waals surface area contributed by atoms with E-state index in [4.69, 9.17) is 11.6 Å². The number of carbonyl (C=O) groups excluding carboxylic acids is 1. The summed E-state index contributed by atoms with van der Waals surface area (Å²) in [6.45, 7) is 2.73. The quantitative estimate of drug-likeness (QED) is 0.452. The van der Waals surface area contributed by atoms with Crippen LogP contribution in [0.3, 0.4) is 0 Å². The molecular formula is C26H27ClFN3O3S. The second-order valence-electron chi connectivity index (χ2n) is 8.45. The summed E-state index contributed by atoms with van der Waals surface area (Å²) in [4.78, 5) is 15.4. The van der Waals surface area contributed by atoms with Gasteiger partial charge in [0.05, 0.1) is 15.6 Å². The number of anilines is 1. The number of nitrogens with zero attached hydrogens (tertiary/aromatic N) is 2. The highest BCUT2D eigenvalue weighted by Crippen LogP contribution is 2.27. The standard InChI is InChI=1S/C26H27ClFN3O3S/c27-24-16-22(12-13-25(24)28)31(35(33,34)23-10-2-1-3-11-23)19-26(32)29-17-20-8-4-5-9-21(20)18-30-14-6-7-15-30/h1-5,8-13,16H,6-7,14-15,17-19H2,(H,29,32). The average Bonchev–Trinajstić information content (AvgIpc) is 3.37. The van der Waals surface area contributed by atoms with Gasteiger partial charge < -0.3 is 5.32 Å². The summed E-state index contributed by atoms with van der Waals surface area (Å²) < 4.78 is 41.5. The highest BCUT2D eigenvalue weighted by Gasteiger charge is 2.27. The van der Waals surface area contributed by atoms with Crippen LogP contribution in [0.1, 0.15) is 24.0 Å². The highest BCUT2D eigenvalue weighted by molar-refractivity contribution is 7.92. The van der Waals surface area contributed by atoms with E-state index in [1.807, 2.05) is 24.3 Å². The zero-order valence-electron chi connectivity index (χ0n) is 19.2. The van der Waals surface area contributed by atoms with Crippen molar-refractivity contribution in [1.82, 2.24) is 10.2 Å². The largest absolute Gasteiger partial charge is 0.350 e. The van der Waals surface area contributed by atoms with Gasteiger partial charge in [0.15, 0.2) is 0 Å². The van der Waals surface area contributed by atoms with Gasteiger partial charge in [-0.05, 0) is 67.4 Å². The summed E-state index contributed by atoms with van der Waals surface area (Å²) >= 11 is 5.92. The lowest BCUT2D eigenvalue weighted by molar-refractivity contribution is -0.119. The zero-order chi connectivity index (χ0) is 24.8. The van der Waals surface area contributed by atoms with Crippen molar-refractivity contribution < 1.29 is 17.6 Å². The SMILES string of the molecule is O=C(CN(c1ccc(F)c(Cl)c1)S(=O)(=O)c1ccccc1)NCc1ccccc1CN1CCCC1. The number of amides is 1. The zero-order valence-corrected chi connectivity index (χ0v) is 20.7. The van der Waals surface area contributed by atoms with E-state index in [0.717, 1.165) is 41.1 Å². The number of nitrogens with one attached hydrogen (secondary N) is 1. The topological polar surface area (TPSA) is 69.7 Å². The second kappa shape index (κ2) is 11.2. The van der Waals surface area contributed by atoms with Gasteiger partial charge in [0.2, 0.25) is 5.91 Å². The maximum Gasteiger partial charge on any atom is 0.264 e. The Labute approximate surface area is 210 Å². The Balaban J connectivity index is 1.53. The molecule has 0 aliphatic carbocycles. The van der Waals surface area contributed by atoms with Gasteiger partial charge in [0.25, 0.3) is 10.0 Å². The van der Waals surface area contributed by atoms with Crippen molar-refractivity contribution in [1.29, 1.82) is 0 Å². The van der Waals surface area contributed by atoms with Crippen molar-refractivity contribution in [2.75, 3.05) is 23.9 Å². The molecule has 0 spiro atoms. The monoisotopic (exact) mass is 515 g/mol. The number of rotatable bonds is 9. The third-order valence-corrected chi connectivity index (χ3v) is 8.07. The van der Waals surface area contributed by atoms with Crippen LogP contribution in [0.25, 0.3) is 0 Å². The van der Waals surface area contributed by atoms with E-state index < -0.39 is 28.3 Å². The molecule has 1 aliphatic rings. The molecule has 0 radical (unpaired) electrons. The molecule has 1 saturated heterocycles. The lowest BCUT2D eigenvalue weighted by atomic mass is 10.1. The molecule has 4 rings (SSSR count). The Morgan fingerprint density at radius 3 is 2.31 bits per heavy atom. The Morgan fingerprint density at radius 1 is 0.971 bits per heavy atom. The Kier molecular flexibility index (Phi) is 8.05. The number of hydrogen-bond donors (Lipinski definition) is 1. The lowest BCUT2D eigenvalue weighted by Crippen LogP contribution is -2.40. The maximum absolute atomic E-state index is 13.8. The van der Waals surface area contributed by atoms with Crippen molar-refractivity contribution in [3.63, 3.8) is 0 Å². The molecule has 184 valence electrons. The van der Waals surface area contributed by atoms with Crippen molar-refractivity contribution in [3.8, 4) is 0 Å². The van der Waals surface area contributed by atoms with Crippen LogP contribution in [0, 0.1) is 5.82 Å². The van der Waals surface area contributed by atoms with Crippen LogP contribution in [0.4, 0.5) is 10.1 Å². The Morgan fingerprint density at radius 2 is 1.63 bits per heavy atom. The molecular weight excluding hydrogens is 489 g/mol. The summed E-state index contributed by atoms with van der Waals surface area (Å²) in [5, 5.41) is 2.61. The van der Waals surface area contributed by atoms with Crippen LogP contribution >= 0.6 is 11.6 Å². The fourth-order valence-electron chi connectivity index (χ4n) is 4.12. The van der Waals surface area contributed by atoms with Gasteiger partial charge in [-0.3, -0.25) is 14.0 Å². The minimum absolute atomic E-state index is 0.0178. The molecule has 3 aromatic rings. The summed E-state index contributed by atoms with van der Waals surface area (Å²) in [6.07, 6.45) is 2.38. The maximum atomic E-state index is 13.8.